The zero-order chi connectivity index (χ0) is 17.1. The number of hydrogen-bond acceptors (Lipinski definition) is 4. The molecule has 0 aliphatic carbocycles. The summed E-state index contributed by atoms with van der Waals surface area (Å²) in [7, 11) is 0. The molecule has 7 heteroatoms. The van der Waals surface area contributed by atoms with Crippen molar-refractivity contribution in [2.24, 2.45) is 0 Å². The molecule has 6 nitrogen and oxygen atoms in total. The van der Waals surface area contributed by atoms with Gasteiger partial charge < -0.3 is 20.1 Å². The first kappa shape index (κ1) is 17.0. The van der Waals surface area contributed by atoms with Crippen LogP contribution in [0.3, 0.4) is 0 Å². The molecule has 0 spiro atoms. The van der Waals surface area contributed by atoms with Gasteiger partial charge in [0.2, 0.25) is 0 Å². The average molecular weight is 395 g/mol. The largest absolute Gasteiger partial charge is 0.459 e. The number of hydrogen-bond donors (Lipinski definition) is 2. The van der Waals surface area contributed by atoms with Crippen LogP contribution in [0, 0.1) is 0 Å². The average Bonchev–Trinajstić information content (AvgIpc) is 3.06. The maximum Gasteiger partial charge on any atom is 0.338 e. The van der Waals surface area contributed by atoms with Gasteiger partial charge in [0.1, 0.15) is 6.61 Å². The van der Waals surface area contributed by atoms with Gasteiger partial charge in [0.15, 0.2) is 0 Å². The van der Waals surface area contributed by atoms with E-state index in [0.717, 1.165) is 22.9 Å². The fraction of sp³-hybridized carbons (Fsp3) is 0.412. The van der Waals surface area contributed by atoms with Crippen molar-refractivity contribution in [3.8, 4) is 0 Å². The number of carbonyl (C=O) groups is 2. The Hall–Kier alpha value is -1.86. The van der Waals surface area contributed by atoms with Crippen molar-refractivity contribution in [3.05, 3.63) is 45.6 Å². The summed E-state index contributed by atoms with van der Waals surface area (Å²) in [5.41, 5.74) is 1.70. The Morgan fingerprint density at radius 1 is 1.42 bits per heavy atom. The second kappa shape index (κ2) is 7.36. The summed E-state index contributed by atoms with van der Waals surface area (Å²) in [5, 5.41) is 5.43. The Balaban J connectivity index is 1.83. The zero-order valence-electron chi connectivity index (χ0n) is 13.3. The minimum absolute atomic E-state index is 0.0390. The van der Waals surface area contributed by atoms with Gasteiger partial charge in [0, 0.05) is 16.8 Å². The molecule has 0 bridgehead atoms. The van der Waals surface area contributed by atoms with Crippen molar-refractivity contribution >= 4 is 27.9 Å². The maximum atomic E-state index is 12.6. The lowest BCUT2D eigenvalue weighted by Crippen LogP contribution is -2.45. The van der Waals surface area contributed by atoms with Crippen LogP contribution in [0.5, 0.6) is 0 Å². The molecule has 2 atom stereocenters. The number of halogens is 1. The van der Waals surface area contributed by atoms with E-state index in [1.807, 2.05) is 24.3 Å². The van der Waals surface area contributed by atoms with Gasteiger partial charge in [0.25, 0.3) is 0 Å². The number of carbonyl (C=O) groups excluding carboxylic acids is 2. The first-order valence-corrected chi connectivity index (χ1v) is 8.67. The molecule has 2 heterocycles. The van der Waals surface area contributed by atoms with E-state index in [1.165, 1.54) is 0 Å². The van der Waals surface area contributed by atoms with Gasteiger partial charge in [-0.15, -0.1) is 0 Å². The molecule has 128 valence electrons. The van der Waals surface area contributed by atoms with Crippen molar-refractivity contribution < 1.29 is 19.1 Å². The number of urea groups is 1. The number of benzene rings is 1. The third kappa shape index (κ3) is 3.62. The van der Waals surface area contributed by atoms with Gasteiger partial charge >= 0.3 is 12.0 Å². The number of esters is 1. The molecule has 3 rings (SSSR count). The standard InChI is InChI=1S/C17H19BrN2O4/c1-10-14(16(21)24-9-11-5-4-8-23-11)15(20-17(22)19-10)12-6-2-3-7-13(12)18/h2-3,6-7,11,15H,4-5,8-9H2,1H3,(H2,19,20,22). The number of rotatable bonds is 4. The van der Waals surface area contributed by atoms with Gasteiger partial charge in [-0.3, -0.25) is 0 Å². The van der Waals surface area contributed by atoms with Gasteiger partial charge in [-0.25, -0.2) is 9.59 Å². The fourth-order valence-electron chi connectivity index (χ4n) is 2.93. The quantitative estimate of drug-likeness (QED) is 0.769. The van der Waals surface area contributed by atoms with Crippen LogP contribution in [0.25, 0.3) is 0 Å². The molecule has 0 radical (unpaired) electrons. The summed E-state index contributed by atoms with van der Waals surface area (Å²) < 4.78 is 11.7. The summed E-state index contributed by atoms with van der Waals surface area (Å²) in [4.78, 5) is 24.5. The predicted octanol–water partition coefficient (Wildman–Crippen LogP) is 2.80. The minimum Gasteiger partial charge on any atom is -0.459 e. The van der Waals surface area contributed by atoms with E-state index in [4.69, 9.17) is 9.47 Å². The van der Waals surface area contributed by atoms with Gasteiger partial charge in [0.05, 0.1) is 17.7 Å². The van der Waals surface area contributed by atoms with E-state index in [-0.39, 0.29) is 18.7 Å². The third-order valence-corrected chi connectivity index (χ3v) is 4.85. The van der Waals surface area contributed by atoms with Crippen molar-refractivity contribution in [2.45, 2.75) is 31.9 Å². The molecule has 1 fully saturated rings. The van der Waals surface area contributed by atoms with Crippen LogP contribution < -0.4 is 10.6 Å². The van der Waals surface area contributed by atoms with Crippen LogP contribution in [-0.2, 0) is 14.3 Å². The molecule has 2 aliphatic heterocycles. The van der Waals surface area contributed by atoms with E-state index in [2.05, 4.69) is 26.6 Å². The normalized spacial score (nSPS) is 23.7. The SMILES string of the molecule is CC1=C(C(=O)OCC2CCCO2)C(c2ccccc2Br)NC(=O)N1. The van der Waals surface area contributed by atoms with Crippen LogP contribution in [0.1, 0.15) is 31.4 Å². The molecule has 24 heavy (non-hydrogen) atoms. The Morgan fingerprint density at radius 3 is 2.92 bits per heavy atom. The zero-order valence-corrected chi connectivity index (χ0v) is 14.9. The van der Waals surface area contributed by atoms with Gasteiger partial charge in [-0.05, 0) is 31.4 Å². The minimum atomic E-state index is -0.564. The predicted molar refractivity (Wildman–Crippen MR) is 91.2 cm³/mol. The molecule has 1 aromatic rings. The van der Waals surface area contributed by atoms with E-state index in [1.54, 1.807) is 6.92 Å². The van der Waals surface area contributed by atoms with E-state index >= 15 is 0 Å². The highest BCUT2D eigenvalue weighted by Crippen LogP contribution is 2.32. The van der Waals surface area contributed by atoms with Crippen LogP contribution in [0.15, 0.2) is 40.0 Å². The molecule has 0 saturated carbocycles. The first-order chi connectivity index (χ1) is 11.6. The number of nitrogens with one attached hydrogen (secondary N) is 2. The molecule has 0 aromatic heterocycles. The van der Waals surface area contributed by atoms with Crippen LogP contribution in [0.2, 0.25) is 0 Å². The Kier molecular flexibility index (Phi) is 5.20. The molecule has 1 saturated heterocycles. The summed E-state index contributed by atoms with van der Waals surface area (Å²) in [6, 6.07) is 6.56. The molecule has 2 N–H and O–H groups in total. The van der Waals surface area contributed by atoms with Crippen molar-refractivity contribution in [3.63, 3.8) is 0 Å². The summed E-state index contributed by atoms with van der Waals surface area (Å²) in [5.74, 6) is -0.448. The molecule has 2 amide bonds. The molecular formula is C17H19BrN2O4. The van der Waals surface area contributed by atoms with Gasteiger partial charge in [-0.2, -0.15) is 0 Å². The van der Waals surface area contributed by atoms with Crippen molar-refractivity contribution in [2.75, 3.05) is 13.2 Å². The van der Waals surface area contributed by atoms with E-state index in [0.29, 0.717) is 17.9 Å². The molecule has 2 unspecified atom stereocenters. The van der Waals surface area contributed by atoms with Crippen LogP contribution in [-0.4, -0.2) is 31.3 Å². The molecule has 2 aliphatic rings. The Bertz CT molecular complexity index is 683. The lowest BCUT2D eigenvalue weighted by molar-refractivity contribution is -0.142. The van der Waals surface area contributed by atoms with Crippen LogP contribution in [0.4, 0.5) is 4.79 Å². The highest BCUT2D eigenvalue weighted by Gasteiger charge is 2.33. The maximum absolute atomic E-state index is 12.6. The topological polar surface area (TPSA) is 76.7 Å². The van der Waals surface area contributed by atoms with E-state index in [9.17, 15) is 9.59 Å². The van der Waals surface area contributed by atoms with Crippen molar-refractivity contribution in [1.82, 2.24) is 10.6 Å². The Morgan fingerprint density at radius 2 is 2.21 bits per heavy atom. The molecular weight excluding hydrogens is 376 g/mol. The summed E-state index contributed by atoms with van der Waals surface area (Å²) in [6.45, 7) is 2.64. The number of amides is 2. The van der Waals surface area contributed by atoms with Crippen LogP contribution >= 0.6 is 15.9 Å². The second-order valence-electron chi connectivity index (χ2n) is 5.83. The lowest BCUT2D eigenvalue weighted by Gasteiger charge is -2.29. The highest BCUT2D eigenvalue weighted by atomic mass is 79.9. The first-order valence-electron chi connectivity index (χ1n) is 7.87. The highest BCUT2D eigenvalue weighted by molar-refractivity contribution is 9.10. The Labute approximate surface area is 148 Å². The third-order valence-electron chi connectivity index (χ3n) is 4.13. The second-order valence-corrected chi connectivity index (χ2v) is 6.68. The van der Waals surface area contributed by atoms with Crippen molar-refractivity contribution in [1.29, 1.82) is 0 Å². The number of ether oxygens (including phenoxy) is 2. The monoisotopic (exact) mass is 394 g/mol. The fourth-order valence-corrected chi connectivity index (χ4v) is 3.44. The number of allylic oxidation sites excluding steroid dienone is 1. The smallest absolute Gasteiger partial charge is 0.338 e. The van der Waals surface area contributed by atoms with E-state index < -0.39 is 12.0 Å². The lowest BCUT2D eigenvalue weighted by atomic mass is 9.95. The summed E-state index contributed by atoms with van der Waals surface area (Å²) >= 11 is 3.47. The van der Waals surface area contributed by atoms with Gasteiger partial charge in [-0.1, -0.05) is 34.1 Å². The molecule has 1 aromatic carbocycles. The summed E-state index contributed by atoms with van der Waals surface area (Å²) in [6.07, 6.45) is 1.85.